The first-order valence-corrected chi connectivity index (χ1v) is 14.6. The van der Waals surface area contributed by atoms with Crippen molar-refractivity contribution in [2.24, 2.45) is 7.05 Å². The van der Waals surface area contributed by atoms with Crippen LogP contribution in [0.2, 0.25) is 5.02 Å². The van der Waals surface area contributed by atoms with Crippen molar-refractivity contribution in [2.45, 2.75) is 37.7 Å². The minimum absolute atomic E-state index is 0.0264. The molecule has 204 valence electrons. The number of benzene rings is 2. The lowest BCUT2D eigenvalue weighted by Crippen LogP contribution is -2.27. The van der Waals surface area contributed by atoms with E-state index in [-0.39, 0.29) is 16.9 Å². The van der Waals surface area contributed by atoms with E-state index in [2.05, 4.69) is 30.8 Å². The van der Waals surface area contributed by atoms with E-state index in [1.54, 1.807) is 13.1 Å². The second-order valence-corrected chi connectivity index (χ2v) is 11.9. The van der Waals surface area contributed by atoms with Gasteiger partial charge in [-0.25, -0.2) is 18.1 Å². The van der Waals surface area contributed by atoms with Crippen molar-refractivity contribution >= 4 is 27.6 Å². The van der Waals surface area contributed by atoms with Crippen LogP contribution >= 0.6 is 11.6 Å². The largest absolute Gasteiger partial charge is 0.473 e. The zero-order chi connectivity index (χ0) is 27.6. The molecule has 1 saturated heterocycles. The summed E-state index contributed by atoms with van der Waals surface area (Å²) in [4.78, 5) is 11.4. The van der Waals surface area contributed by atoms with Gasteiger partial charge in [-0.15, -0.1) is 0 Å². The quantitative estimate of drug-likeness (QED) is 0.315. The molecule has 1 fully saturated rings. The normalized spacial score (nSPS) is 15.9. The molecule has 0 bridgehead atoms. The maximum atomic E-state index is 13.0. The van der Waals surface area contributed by atoms with E-state index in [4.69, 9.17) is 16.3 Å². The Bertz CT molecular complexity index is 1570. The van der Waals surface area contributed by atoms with E-state index in [0.717, 1.165) is 59.8 Å². The van der Waals surface area contributed by atoms with Crippen LogP contribution in [0.1, 0.15) is 23.1 Å². The van der Waals surface area contributed by atoms with Gasteiger partial charge < -0.3 is 4.74 Å². The molecule has 2 aromatic heterocycles. The van der Waals surface area contributed by atoms with Gasteiger partial charge >= 0.3 is 0 Å². The Morgan fingerprint density at radius 2 is 1.87 bits per heavy atom. The van der Waals surface area contributed by atoms with Crippen LogP contribution in [0.15, 0.2) is 65.8 Å². The number of rotatable bonds is 9. The molecular formula is C28H31ClN6O3S. The number of nitrogens with one attached hydrogen (secondary N) is 1. The van der Waals surface area contributed by atoms with Gasteiger partial charge in [-0.3, -0.25) is 9.58 Å². The highest BCUT2D eigenvalue weighted by Crippen LogP contribution is 2.30. The summed E-state index contributed by atoms with van der Waals surface area (Å²) in [5, 5.41) is 4.75. The average molecular weight is 567 g/mol. The Balaban J connectivity index is 1.37. The predicted octanol–water partition coefficient (Wildman–Crippen LogP) is 4.64. The van der Waals surface area contributed by atoms with Gasteiger partial charge in [0, 0.05) is 49.5 Å². The number of anilines is 1. The molecule has 1 aliphatic rings. The summed E-state index contributed by atoms with van der Waals surface area (Å²) in [7, 11) is -2.28. The minimum atomic E-state index is -3.93. The van der Waals surface area contributed by atoms with Crippen molar-refractivity contribution in [3.63, 3.8) is 0 Å². The molecular weight excluding hydrogens is 536 g/mol. The Hall–Kier alpha value is -3.47. The number of ether oxygens (including phenoxy) is 1. The fraction of sp³-hybridized carbons (Fsp3) is 0.321. The van der Waals surface area contributed by atoms with Crippen LogP contribution in [0.5, 0.6) is 5.88 Å². The molecule has 11 heteroatoms. The summed E-state index contributed by atoms with van der Waals surface area (Å²) in [6.45, 7) is 6.50. The van der Waals surface area contributed by atoms with Crippen molar-refractivity contribution in [3.8, 4) is 17.1 Å². The first-order valence-electron chi connectivity index (χ1n) is 12.8. The summed E-state index contributed by atoms with van der Waals surface area (Å²) >= 11 is 6.32. The Morgan fingerprint density at radius 3 is 2.59 bits per heavy atom. The van der Waals surface area contributed by atoms with Crippen molar-refractivity contribution < 1.29 is 13.2 Å². The van der Waals surface area contributed by atoms with Crippen LogP contribution in [0.25, 0.3) is 11.3 Å². The van der Waals surface area contributed by atoms with E-state index in [9.17, 15) is 8.42 Å². The SMILES string of the molecule is Cc1cccc(C)c1-c1cc(OC2CCN(CCc3ccccc3Cl)C2)nc(NS(=O)(=O)c2cnn(C)c2)n1. The Kier molecular flexibility index (Phi) is 7.88. The smallest absolute Gasteiger partial charge is 0.267 e. The lowest BCUT2D eigenvalue weighted by atomic mass is 10.00. The zero-order valence-corrected chi connectivity index (χ0v) is 23.7. The van der Waals surface area contributed by atoms with Crippen molar-refractivity contribution in [2.75, 3.05) is 24.4 Å². The molecule has 0 amide bonds. The van der Waals surface area contributed by atoms with Crippen molar-refractivity contribution in [1.82, 2.24) is 24.6 Å². The molecule has 5 rings (SSSR count). The van der Waals surface area contributed by atoms with Gasteiger partial charge in [-0.2, -0.15) is 10.1 Å². The molecule has 1 unspecified atom stereocenters. The van der Waals surface area contributed by atoms with E-state index < -0.39 is 10.0 Å². The summed E-state index contributed by atoms with van der Waals surface area (Å²) < 4.78 is 36.3. The summed E-state index contributed by atoms with van der Waals surface area (Å²) in [5.41, 5.74) is 4.68. The standard InChI is InChI=1S/C28H31ClN6O3S/c1-19-7-6-8-20(2)27(19)25-15-26(32-28(31-25)33-39(36,37)23-16-30-34(3)18-23)38-22-12-14-35(17-22)13-11-21-9-4-5-10-24(21)29/h4-10,15-16,18,22H,11-14,17H2,1-3H3,(H,31,32,33). The molecule has 0 spiro atoms. The second-order valence-electron chi connectivity index (χ2n) is 9.81. The number of sulfonamides is 1. The molecule has 0 aliphatic carbocycles. The van der Waals surface area contributed by atoms with Crippen LogP contribution < -0.4 is 9.46 Å². The number of aromatic nitrogens is 4. The van der Waals surface area contributed by atoms with Gasteiger partial charge in [0.2, 0.25) is 11.8 Å². The number of aryl methyl sites for hydroxylation is 3. The van der Waals surface area contributed by atoms with E-state index >= 15 is 0 Å². The third kappa shape index (κ3) is 6.41. The predicted molar refractivity (Wildman–Crippen MR) is 152 cm³/mol. The lowest BCUT2D eigenvalue weighted by Gasteiger charge is -2.18. The highest BCUT2D eigenvalue weighted by atomic mass is 35.5. The van der Waals surface area contributed by atoms with E-state index in [1.165, 1.54) is 17.1 Å². The van der Waals surface area contributed by atoms with Crippen molar-refractivity contribution in [3.05, 3.63) is 82.6 Å². The van der Waals surface area contributed by atoms with Gasteiger partial charge in [0.1, 0.15) is 11.0 Å². The third-order valence-electron chi connectivity index (χ3n) is 6.83. The molecule has 39 heavy (non-hydrogen) atoms. The molecule has 0 radical (unpaired) electrons. The van der Waals surface area contributed by atoms with Gasteiger partial charge in [-0.1, -0.05) is 48.0 Å². The number of likely N-dealkylation sites (tertiary alicyclic amines) is 1. The highest BCUT2D eigenvalue weighted by molar-refractivity contribution is 7.92. The highest BCUT2D eigenvalue weighted by Gasteiger charge is 2.26. The molecule has 9 nitrogen and oxygen atoms in total. The van der Waals surface area contributed by atoms with Gasteiger partial charge in [-0.05, 0) is 49.4 Å². The first-order chi connectivity index (χ1) is 18.7. The lowest BCUT2D eigenvalue weighted by molar-refractivity contribution is 0.193. The van der Waals surface area contributed by atoms with Crippen LogP contribution in [-0.4, -0.2) is 58.8 Å². The second kappa shape index (κ2) is 11.3. The fourth-order valence-corrected chi connectivity index (χ4v) is 6.00. The Labute approximate surface area is 233 Å². The monoisotopic (exact) mass is 566 g/mol. The van der Waals surface area contributed by atoms with Crippen molar-refractivity contribution in [1.29, 1.82) is 0 Å². The number of hydrogen-bond acceptors (Lipinski definition) is 7. The minimum Gasteiger partial charge on any atom is -0.473 e. The van der Waals surface area contributed by atoms with E-state index in [1.807, 2.05) is 50.2 Å². The summed E-state index contributed by atoms with van der Waals surface area (Å²) in [6.07, 6.45) is 4.31. The van der Waals surface area contributed by atoms with E-state index in [0.29, 0.717) is 11.6 Å². The maximum absolute atomic E-state index is 13.0. The van der Waals surface area contributed by atoms with Crippen LogP contribution in [0.3, 0.4) is 0 Å². The average Bonchev–Trinajstić information content (AvgIpc) is 3.52. The molecule has 2 aromatic carbocycles. The van der Waals surface area contributed by atoms with Crippen LogP contribution in [0, 0.1) is 13.8 Å². The summed E-state index contributed by atoms with van der Waals surface area (Å²) in [5.74, 6) is 0.270. The molecule has 1 atom stereocenters. The molecule has 1 N–H and O–H groups in total. The molecule has 1 aliphatic heterocycles. The topological polar surface area (TPSA) is 102 Å². The molecule has 4 aromatic rings. The van der Waals surface area contributed by atoms with Gasteiger partial charge in [0.15, 0.2) is 0 Å². The number of hydrogen-bond donors (Lipinski definition) is 1. The molecule has 0 saturated carbocycles. The van der Waals surface area contributed by atoms with Crippen LogP contribution in [0.4, 0.5) is 5.95 Å². The number of nitrogens with zero attached hydrogens (tertiary/aromatic N) is 5. The Morgan fingerprint density at radius 1 is 1.10 bits per heavy atom. The fourth-order valence-electron chi connectivity index (χ4n) is 4.84. The van der Waals surface area contributed by atoms with Gasteiger partial charge in [0.25, 0.3) is 10.0 Å². The third-order valence-corrected chi connectivity index (χ3v) is 8.48. The molecule has 3 heterocycles. The van der Waals surface area contributed by atoms with Gasteiger partial charge in [0.05, 0.1) is 11.9 Å². The first kappa shape index (κ1) is 27.1. The number of halogens is 1. The maximum Gasteiger partial charge on any atom is 0.267 e. The van der Waals surface area contributed by atoms with Crippen LogP contribution in [-0.2, 0) is 23.5 Å². The zero-order valence-electron chi connectivity index (χ0n) is 22.1. The summed E-state index contributed by atoms with van der Waals surface area (Å²) in [6, 6.07) is 15.7.